The Balaban J connectivity index is 1.97. The predicted molar refractivity (Wildman–Crippen MR) is 74.9 cm³/mol. The number of rotatable bonds is 4. The second-order valence-corrected chi connectivity index (χ2v) is 4.94. The van der Waals surface area contributed by atoms with Crippen molar-refractivity contribution in [1.29, 1.82) is 0 Å². The molecule has 19 heavy (non-hydrogen) atoms. The van der Waals surface area contributed by atoms with Crippen LogP contribution in [0.15, 0.2) is 30.2 Å². The summed E-state index contributed by atoms with van der Waals surface area (Å²) in [6, 6.07) is 0.0565. The number of imidazole rings is 1. The summed E-state index contributed by atoms with van der Waals surface area (Å²) in [5.74, 6) is 6.66. The highest BCUT2D eigenvalue weighted by Crippen LogP contribution is 2.23. The van der Waals surface area contributed by atoms with Crippen molar-refractivity contribution in [3.8, 4) is 0 Å². The van der Waals surface area contributed by atoms with Gasteiger partial charge < -0.3 is 15.1 Å². The summed E-state index contributed by atoms with van der Waals surface area (Å²) in [5, 5.41) is 6.25. The third kappa shape index (κ3) is 2.23. The van der Waals surface area contributed by atoms with Crippen molar-refractivity contribution in [1.82, 2.24) is 19.4 Å². The number of hydrogen-bond donors (Lipinski definition) is 3. The maximum Gasteiger partial charge on any atom is 0.180 e. The molecule has 7 nitrogen and oxygen atoms in total. The number of thiazole rings is 1. The van der Waals surface area contributed by atoms with Crippen molar-refractivity contribution in [2.45, 2.75) is 13.0 Å². The number of hydrazine groups is 1. The van der Waals surface area contributed by atoms with Crippen molar-refractivity contribution in [3.05, 3.63) is 35.2 Å². The van der Waals surface area contributed by atoms with Gasteiger partial charge in [0.25, 0.3) is 0 Å². The molecule has 0 aromatic carbocycles. The number of fused-ring (bicyclic) bond motifs is 1. The van der Waals surface area contributed by atoms with Crippen LogP contribution >= 0.6 is 11.3 Å². The molecule has 0 aliphatic carbocycles. The molecule has 3 aromatic heterocycles. The lowest BCUT2D eigenvalue weighted by molar-refractivity contribution is 0.859. The topological polar surface area (TPSA) is 93.2 Å². The van der Waals surface area contributed by atoms with Gasteiger partial charge in [0, 0.05) is 24.0 Å². The number of aromatic nitrogens is 4. The number of nitrogens with two attached hydrogens (primary N) is 1. The van der Waals surface area contributed by atoms with Gasteiger partial charge in [0.1, 0.15) is 5.01 Å². The molecule has 0 spiro atoms. The molecule has 0 radical (unpaired) electrons. The van der Waals surface area contributed by atoms with E-state index >= 15 is 0 Å². The molecule has 0 bridgehead atoms. The number of nitrogens with one attached hydrogen (secondary N) is 2. The molecule has 3 heterocycles. The van der Waals surface area contributed by atoms with E-state index in [1.807, 2.05) is 22.9 Å². The smallest absolute Gasteiger partial charge is 0.180 e. The van der Waals surface area contributed by atoms with Gasteiger partial charge in [-0.05, 0) is 6.92 Å². The lowest BCUT2D eigenvalue weighted by Gasteiger charge is -2.13. The lowest BCUT2D eigenvalue weighted by Crippen LogP contribution is -2.13. The van der Waals surface area contributed by atoms with Crippen molar-refractivity contribution < 1.29 is 0 Å². The average molecular weight is 275 g/mol. The Morgan fingerprint density at radius 2 is 2.26 bits per heavy atom. The zero-order valence-corrected chi connectivity index (χ0v) is 11.1. The van der Waals surface area contributed by atoms with Crippen LogP contribution in [-0.2, 0) is 0 Å². The van der Waals surface area contributed by atoms with Crippen LogP contribution in [0.3, 0.4) is 0 Å². The Kier molecular flexibility index (Phi) is 3.02. The number of nitrogen functional groups attached to an aromatic ring is 1. The Morgan fingerprint density at radius 3 is 3.00 bits per heavy atom. The van der Waals surface area contributed by atoms with Gasteiger partial charge in [0.05, 0.1) is 12.2 Å². The fraction of sp³-hybridized carbons (Fsp3) is 0.182. The Morgan fingerprint density at radius 1 is 1.37 bits per heavy atom. The Bertz CT molecular complexity index is 675. The van der Waals surface area contributed by atoms with Crippen LogP contribution in [0.2, 0.25) is 0 Å². The number of hydrogen-bond acceptors (Lipinski definition) is 7. The summed E-state index contributed by atoms with van der Waals surface area (Å²) in [5.41, 5.74) is 3.30. The highest BCUT2D eigenvalue weighted by atomic mass is 32.1. The minimum atomic E-state index is 0.0565. The minimum absolute atomic E-state index is 0.0565. The van der Waals surface area contributed by atoms with Gasteiger partial charge in [-0.2, -0.15) is 0 Å². The summed E-state index contributed by atoms with van der Waals surface area (Å²) >= 11 is 1.60. The standard InChI is InChI=1S/C11H13N7S/c1-7(11-14-3-5-19-11)15-9-10-13-2-4-18(10)6-8(16-9)17-12/h2-7,17H,12H2,1H3,(H,15,16). The maximum atomic E-state index is 5.42. The van der Waals surface area contributed by atoms with Gasteiger partial charge in [0.2, 0.25) is 0 Å². The number of nitrogens with zero attached hydrogens (tertiary/aromatic N) is 4. The van der Waals surface area contributed by atoms with E-state index in [9.17, 15) is 0 Å². The third-order valence-corrected chi connectivity index (χ3v) is 3.66. The van der Waals surface area contributed by atoms with E-state index in [0.717, 1.165) is 10.7 Å². The van der Waals surface area contributed by atoms with E-state index in [1.165, 1.54) is 0 Å². The Hall–Kier alpha value is -2.19. The minimum Gasteiger partial charge on any atom is -0.358 e. The van der Waals surface area contributed by atoms with E-state index in [2.05, 4.69) is 25.7 Å². The average Bonchev–Trinajstić information content (AvgIpc) is 3.09. The summed E-state index contributed by atoms with van der Waals surface area (Å²) in [4.78, 5) is 13.0. The second-order valence-electron chi connectivity index (χ2n) is 4.01. The van der Waals surface area contributed by atoms with Crippen LogP contribution in [0.25, 0.3) is 5.65 Å². The van der Waals surface area contributed by atoms with Crippen LogP contribution in [0.5, 0.6) is 0 Å². The molecule has 0 amide bonds. The van der Waals surface area contributed by atoms with Gasteiger partial charge in [-0.15, -0.1) is 11.3 Å². The molecule has 1 unspecified atom stereocenters. The highest BCUT2D eigenvalue weighted by Gasteiger charge is 2.13. The SMILES string of the molecule is CC(Nc1nc(NN)cn2ccnc12)c1nccs1. The van der Waals surface area contributed by atoms with Crippen molar-refractivity contribution in [2.24, 2.45) is 5.84 Å². The zero-order chi connectivity index (χ0) is 13.2. The number of anilines is 2. The molecule has 3 aromatic rings. The molecule has 0 saturated heterocycles. The maximum absolute atomic E-state index is 5.42. The largest absolute Gasteiger partial charge is 0.358 e. The molecule has 1 atom stereocenters. The van der Waals surface area contributed by atoms with Gasteiger partial charge in [0.15, 0.2) is 17.3 Å². The molecule has 8 heteroatoms. The van der Waals surface area contributed by atoms with Crippen LogP contribution in [0, 0.1) is 0 Å². The van der Waals surface area contributed by atoms with E-state index in [1.54, 1.807) is 29.9 Å². The quantitative estimate of drug-likeness (QED) is 0.495. The van der Waals surface area contributed by atoms with Crippen molar-refractivity contribution in [3.63, 3.8) is 0 Å². The van der Waals surface area contributed by atoms with Crippen molar-refractivity contribution >= 4 is 28.6 Å². The van der Waals surface area contributed by atoms with Crippen LogP contribution in [0.4, 0.5) is 11.6 Å². The van der Waals surface area contributed by atoms with E-state index in [4.69, 9.17) is 5.84 Å². The molecule has 0 aliphatic rings. The van der Waals surface area contributed by atoms with Crippen LogP contribution in [-0.4, -0.2) is 19.4 Å². The van der Waals surface area contributed by atoms with Gasteiger partial charge in [-0.25, -0.2) is 20.8 Å². The van der Waals surface area contributed by atoms with Gasteiger partial charge >= 0.3 is 0 Å². The molecular weight excluding hydrogens is 262 g/mol. The molecule has 4 N–H and O–H groups in total. The zero-order valence-electron chi connectivity index (χ0n) is 10.2. The third-order valence-electron chi connectivity index (χ3n) is 2.70. The monoisotopic (exact) mass is 275 g/mol. The van der Waals surface area contributed by atoms with E-state index < -0.39 is 0 Å². The van der Waals surface area contributed by atoms with Gasteiger partial charge in [-0.3, -0.25) is 0 Å². The van der Waals surface area contributed by atoms with Crippen LogP contribution < -0.4 is 16.6 Å². The summed E-state index contributed by atoms with van der Waals surface area (Å²) < 4.78 is 1.86. The normalized spacial score (nSPS) is 12.5. The first-order chi connectivity index (χ1) is 9.28. The summed E-state index contributed by atoms with van der Waals surface area (Å²) in [6.07, 6.45) is 7.13. The first-order valence-corrected chi connectivity index (χ1v) is 6.62. The Labute approximate surface area is 113 Å². The van der Waals surface area contributed by atoms with Crippen molar-refractivity contribution in [2.75, 3.05) is 10.7 Å². The predicted octanol–water partition coefficient (Wildman–Crippen LogP) is 1.64. The second kappa shape index (κ2) is 4.82. The summed E-state index contributed by atoms with van der Waals surface area (Å²) in [7, 11) is 0. The fourth-order valence-corrected chi connectivity index (χ4v) is 2.46. The lowest BCUT2D eigenvalue weighted by atomic mass is 10.3. The first-order valence-electron chi connectivity index (χ1n) is 5.74. The molecule has 0 fully saturated rings. The fourth-order valence-electron chi connectivity index (χ4n) is 1.81. The van der Waals surface area contributed by atoms with Gasteiger partial charge in [-0.1, -0.05) is 0 Å². The molecule has 98 valence electrons. The molecule has 3 rings (SSSR count). The first kappa shape index (κ1) is 11.9. The summed E-state index contributed by atoms with van der Waals surface area (Å²) in [6.45, 7) is 2.03. The van der Waals surface area contributed by atoms with E-state index in [-0.39, 0.29) is 6.04 Å². The molecule has 0 saturated carbocycles. The highest BCUT2D eigenvalue weighted by molar-refractivity contribution is 7.09. The molecular formula is C11H13N7S. The molecule has 0 aliphatic heterocycles. The van der Waals surface area contributed by atoms with E-state index in [0.29, 0.717) is 11.6 Å². The van der Waals surface area contributed by atoms with Crippen LogP contribution in [0.1, 0.15) is 18.0 Å².